The van der Waals surface area contributed by atoms with Crippen molar-refractivity contribution in [3.8, 4) is 0 Å². The molecule has 2 aromatic rings. The molecular formula is C21H24ClN3O2S. The fraction of sp³-hybridized carbons (Fsp3) is 0.381. The van der Waals surface area contributed by atoms with Gasteiger partial charge in [0.15, 0.2) is 0 Å². The summed E-state index contributed by atoms with van der Waals surface area (Å²) in [6.07, 6.45) is 2.80. The topological polar surface area (TPSA) is 62.3 Å². The van der Waals surface area contributed by atoms with E-state index in [1.807, 2.05) is 40.9 Å². The van der Waals surface area contributed by atoms with E-state index < -0.39 is 0 Å². The number of carbonyl (C=O) groups excluding carboxylic acids is 2. The van der Waals surface area contributed by atoms with Crippen LogP contribution in [0.5, 0.6) is 0 Å². The number of halogens is 1. The molecule has 0 saturated carbocycles. The molecule has 5 nitrogen and oxygen atoms in total. The number of nitrogens with one attached hydrogen (secondary N) is 1. The van der Waals surface area contributed by atoms with Gasteiger partial charge < -0.3 is 10.2 Å². The fourth-order valence-electron chi connectivity index (χ4n) is 3.17. The Morgan fingerprint density at radius 1 is 1.18 bits per heavy atom. The first-order valence-corrected chi connectivity index (χ1v) is 11.0. The number of piperidine rings is 1. The highest BCUT2D eigenvalue weighted by molar-refractivity contribution is 7.98. The summed E-state index contributed by atoms with van der Waals surface area (Å²) < 4.78 is 0. The summed E-state index contributed by atoms with van der Waals surface area (Å²) in [5, 5.41) is 3.35. The molecule has 28 heavy (non-hydrogen) atoms. The smallest absolute Gasteiger partial charge is 0.253 e. The van der Waals surface area contributed by atoms with Crippen molar-refractivity contribution in [1.82, 2.24) is 9.88 Å². The van der Waals surface area contributed by atoms with Crippen LogP contribution in [0.25, 0.3) is 0 Å². The zero-order valence-corrected chi connectivity index (χ0v) is 17.4. The minimum Gasteiger partial charge on any atom is -0.339 e. The molecule has 1 aliphatic heterocycles. The maximum atomic E-state index is 12.7. The Kier molecular flexibility index (Phi) is 7.34. The van der Waals surface area contributed by atoms with Gasteiger partial charge in [0, 0.05) is 36.5 Å². The number of benzene rings is 1. The number of likely N-dealkylation sites (tertiary alicyclic amines) is 1. The first-order valence-electron chi connectivity index (χ1n) is 9.45. The average Bonchev–Trinajstić information content (AvgIpc) is 2.74. The third-order valence-electron chi connectivity index (χ3n) is 4.81. The summed E-state index contributed by atoms with van der Waals surface area (Å²) in [6.45, 7) is 3.30. The molecule has 0 aliphatic carbocycles. The second-order valence-electron chi connectivity index (χ2n) is 6.75. The first-order chi connectivity index (χ1) is 13.6. The lowest BCUT2D eigenvalue weighted by molar-refractivity contribution is -0.121. The molecule has 1 saturated heterocycles. The highest BCUT2D eigenvalue weighted by atomic mass is 35.5. The summed E-state index contributed by atoms with van der Waals surface area (Å²) in [6, 6.07) is 11.2. The third-order valence-corrected chi connectivity index (χ3v) is 5.97. The van der Waals surface area contributed by atoms with Crippen molar-refractivity contribution < 1.29 is 9.59 Å². The van der Waals surface area contributed by atoms with E-state index in [1.165, 1.54) is 11.8 Å². The predicted octanol–water partition coefficient (Wildman–Crippen LogP) is 4.48. The van der Waals surface area contributed by atoms with E-state index in [0.29, 0.717) is 42.3 Å². The van der Waals surface area contributed by atoms with Crippen LogP contribution in [-0.2, 0) is 10.5 Å². The van der Waals surface area contributed by atoms with Gasteiger partial charge in [-0.05, 0) is 48.4 Å². The number of nitrogens with zero attached hydrogens (tertiary/aromatic N) is 2. The second kappa shape index (κ2) is 9.94. The SMILES string of the molecule is CCSCc1ccc(C(=O)N2CCC(C(=O)Nc3ccc(Cl)cn3)CC2)cc1. The lowest BCUT2D eigenvalue weighted by Crippen LogP contribution is -2.41. The van der Waals surface area contributed by atoms with Crippen LogP contribution in [0.2, 0.25) is 5.02 Å². The molecule has 3 rings (SSSR count). The molecule has 0 unspecified atom stereocenters. The molecule has 0 spiro atoms. The monoisotopic (exact) mass is 417 g/mol. The van der Waals surface area contributed by atoms with E-state index in [9.17, 15) is 9.59 Å². The van der Waals surface area contributed by atoms with Gasteiger partial charge in [-0.25, -0.2) is 4.98 Å². The quantitative estimate of drug-likeness (QED) is 0.752. The molecule has 1 aliphatic rings. The predicted molar refractivity (Wildman–Crippen MR) is 115 cm³/mol. The molecule has 148 valence electrons. The average molecular weight is 418 g/mol. The standard InChI is InChI=1S/C21H24ClN3O2S/c1-2-28-14-15-3-5-17(6-4-15)21(27)25-11-9-16(10-12-25)20(26)24-19-8-7-18(22)13-23-19/h3-8,13,16H,2,9-12,14H2,1H3,(H,23,24,26). The largest absolute Gasteiger partial charge is 0.339 e. The van der Waals surface area contributed by atoms with Gasteiger partial charge in [0.2, 0.25) is 5.91 Å². The Hall–Kier alpha value is -2.05. The summed E-state index contributed by atoms with van der Waals surface area (Å²) in [5.74, 6) is 2.41. The Labute approximate surface area is 174 Å². The van der Waals surface area contributed by atoms with E-state index in [1.54, 1.807) is 12.1 Å². The summed E-state index contributed by atoms with van der Waals surface area (Å²) in [5.41, 5.74) is 1.94. The highest BCUT2D eigenvalue weighted by Gasteiger charge is 2.28. The fourth-order valence-corrected chi connectivity index (χ4v) is 3.91. The molecule has 0 radical (unpaired) electrons. The molecule has 1 aromatic heterocycles. The van der Waals surface area contributed by atoms with Crippen LogP contribution >= 0.6 is 23.4 Å². The Morgan fingerprint density at radius 3 is 2.50 bits per heavy atom. The van der Waals surface area contributed by atoms with Crippen molar-refractivity contribution in [2.45, 2.75) is 25.5 Å². The Morgan fingerprint density at radius 2 is 1.89 bits per heavy atom. The maximum absolute atomic E-state index is 12.7. The number of rotatable bonds is 6. The number of thioether (sulfide) groups is 1. The van der Waals surface area contributed by atoms with E-state index in [2.05, 4.69) is 17.2 Å². The van der Waals surface area contributed by atoms with Gasteiger partial charge in [-0.15, -0.1) is 0 Å². The van der Waals surface area contributed by atoms with E-state index in [0.717, 1.165) is 11.5 Å². The summed E-state index contributed by atoms with van der Waals surface area (Å²) in [7, 11) is 0. The van der Waals surface area contributed by atoms with Crippen molar-refractivity contribution in [3.05, 3.63) is 58.7 Å². The van der Waals surface area contributed by atoms with Crippen LogP contribution < -0.4 is 5.32 Å². The van der Waals surface area contributed by atoms with Gasteiger partial charge in [0.25, 0.3) is 5.91 Å². The van der Waals surface area contributed by atoms with Crippen LogP contribution in [0.3, 0.4) is 0 Å². The summed E-state index contributed by atoms with van der Waals surface area (Å²) >= 11 is 7.67. The van der Waals surface area contributed by atoms with Crippen LogP contribution in [0.4, 0.5) is 5.82 Å². The van der Waals surface area contributed by atoms with Gasteiger partial charge in [0.05, 0.1) is 5.02 Å². The van der Waals surface area contributed by atoms with Crippen molar-refractivity contribution in [1.29, 1.82) is 0 Å². The molecular weight excluding hydrogens is 394 g/mol. The third kappa shape index (κ3) is 5.49. The van der Waals surface area contributed by atoms with Crippen molar-refractivity contribution in [3.63, 3.8) is 0 Å². The van der Waals surface area contributed by atoms with Gasteiger partial charge in [0.1, 0.15) is 5.82 Å². The Bertz CT molecular complexity index is 803. The Balaban J connectivity index is 1.50. The number of pyridine rings is 1. The number of aromatic nitrogens is 1. The number of anilines is 1. The number of hydrogen-bond acceptors (Lipinski definition) is 4. The van der Waals surface area contributed by atoms with E-state index in [4.69, 9.17) is 11.6 Å². The van der Waals surface area contributed by atoms with E-state index >= 15 is 0 Å². The highest BCUT2D eigenvalue weighted by Crippen LogP contribution is 2.21. The number of carbonyl (C=O) groups is 2. The molecule has 1 aromatic carbocycles. The minimum atomic E-state index is -0.116. The second-order valence-corrected chi connectivity index (χ2v) is 8.46. The molecule has 1 fully saturated rings. The normalized spacial score (nSPS) is 14.7. The van der Waals surface area contributed by atoms with Gasteiger partial charge in [-0.2, -0.15) is 11.8 Å². The molecule has 2 amide bonds. The molecule has 1 N–H and O–H groups in total. The van der Waals surface area contributed by atoms with Crippen molar-refractivity contribution in [2.24, 2.45) is 5.92 Å². The lowest BCUT2D eigenvalue weighted by Gasteiger charge is -2.31. The zero-order chi connectivity index (χ0) is 19.9. The van der Waals surface area contributed by atoms with Crippen molar-refractivity contribution >= 4 is 41.0 Å². The van der Waals surface area contributed by atoms with Crippen molar-refractivity contribution in [2.75, 3.05) is 24.2 Å². The van der Waals surface area contributed by atoms with Gasteiger partial charge in [-0.3, -0.25) is 9.59 Å². The molecule has 2 heterocycles. The number of hydrogen-bond donors (Lipinski definition) is 1. The maximum Gasteiger partial charge on any atom is 0.253 e. The molecule has 0 bridgehead atoms. The summed E-state index contributed by atoms with van der Waals surface area (Å²) in [4.78, 5) is 31.1. The van der Waals surface area contributed by atoms with Crippen LogP contribution in [0.1, 0.15) is 35.7 Å². The lowest BCUT2D eigenvalue weighted by atomic mass is 9.95. The van der Waals surface area contributed by atoms with Crippen LogP contribution in [-0.4, -0.2) is 40.5 Å². The van der Waals surface area contributed by atoms with Crippen LogP contribution in [0.15, 0.2) is 42.6 Å². The van der Waals surface area contributed by atoms with Gasteiger partial charge >= 0.3 is 0 Å². The minimum absolute atomic E-state index is 0.0351. The van der Waals surface area contributed by atoms with Crippen LogP contribution in [0, 0.1) is 5.92 Å². The molecule has 0 atom stereocenters. The number of amides is 2. The zero-order valence-electron chi connectivity index (χ0n) is 15.9. The first kappa shape index (κ1) is 20.7. The molecule has 7 heteroatoms. The van der Waals surface area contributed by atoms with Gasteiger partial charge in [-0.1, -0.05) is 30.7 Å². The van der Waals surface area contributed by atoms with E-state index in [-0.39, 0.29) is 17.7 Å².